The van der Waals surface area contributed by atoms with Crippen LogP contribution >= 0.6 is 0 Å². The molecular formula is C9H9F3N2O3. The van der Waals surface area contributed by atoms with Crippen molar-refractivity contribution >= 4 is 5.97 Å². The number of aliphatic carboxylic acids is 1. The summed E-state index contributed by atoms with van der Waals surface area (Å²) in [6.07, 6.45) is -3.95. The predicted molar refractivity (Wildman–Crippen MR) is 49.5 cm³/mol. The van der Waals surface area contributed by atoms with Gasteiger partial charge in [-0.2, -0.15) is 18.2 Å². The maximum absolute atomic E-state index is 12.3. The van der Waals surface area contributed by atoms with Crippen LogP contribution in [-0.2, 0) is 17.4 Å². The number of halogens is 3. The number of ether oxygens (including phenoxy) is 1. The van der Waals surface area contributed by atoms with Gasteiger partial charge in [-0.25, -0.2) is 4.98 Å². The number of rotatable bonds is 4. The third kappa shape index (κ3) is 3.58. The molecule has 1 aromatic heterocycles. The summed E-state index contributed by atoms with van der Waals surface area (Å²) in [5.74, 6) is -2.63. The number of aromatic nitrogens is 2. The molecule has 0 radical (unpaired) electrons. The fourth-order valence-electron chi connectivity index (χ4n) is 1.12. The molecule has 1 N–H and O–H groups in total. The summed E-state index contributed by atoms with van der Waals surface area (Å²) in [4.78, 5) is 16.7. The van der Waals surface area contributed by atoms with E-state index in [0.29, 0.717) is 0 Å². The molecule has 0 saturated carbocycles. The van der Waals surface area contributed by atoms with Crippen LogP contribution in [0.1, 0.15) is 17.8 Å². The molecule has 1 aromatic rings. The van der Waals surface area contributed by atoms with Gasteiger partial charge in [-0.05, 0) is 6.42 Å². The lowest BCUT2D eigenvalue weighted by Gasteiger charge is -2.09. The first-order chi connectivity index (χ1) is 7.84. The maximum Gasteiger partial charge on any atom is 0.451 e. The first-order valence-corrected chi connectivity index (χ1v) is 4.53. The Morgan fingerprint density at radius 3 is 2.65 bits per heavy atom. The number of carboxylic acids is 1. The zero-order valence-corrected chi connectivity index (χ0v) is 8.78. The van der Waals surface area contributed by atoms with Gasteiger partial charge in [0.1, 0.15) is 0 Å². The SMILES string of the molecule is COc1nc(C(F)(F)F)ncc1CCC(=O)O. The fraction of sp³-hybridized carbons (Fsp3) is 0.444. The highest BCUT2D eigenvalue weighted by Crippen LogP contribution is 2.28. The summed E-state index contributed by atoms with van der Waals surface area (Å²) < 4.78 is 41.5. The summed E-state index contributed by atoms with van der Waals surface area (Å²) >= 11 is 0. The van der Waals surface area contributed by atoms with E-state index >= 15 is 0 Å². The zero-order valence-electron chi connectivity index (χ0n) is 8.78. The predicted octanol–water partition coefficient (Wildman–Crippen LogP) is 1.52. The van der Waals surface area contributed by atoms with E-state index in [2.05, 4.69) is 14.7 Å². The van der Waals surface area contributed by atoms with Crippen molar-refractivity contribution in [2.75, 3.05) is 7.11 Å². The van der Waals surface area contributed by atoms with Gasteiger partial charge >= 0.3 is 12.1 Å². The molecule has 0 saturated heterocycles. The number of hydrogen-bond acceptors (Lipinski definition) is 4. The molecule has 0 aliphatic rings. The van der Waals surface area contributed by atoms with Crippen molar-refractivity contribution in [2.45, 2.75) is 19.0 Å². The maximum atomic E-state index is 12.3. The summed E-state index contributed by atoms with van der Waals surface area (Å²) in [6.45, 7) is 0. The average Bonchev–Trinajstić information content (AvgIpc) is 2.24. The second-order valence-electron chi connectivity index (χ2n) is 3.12. The van der Waals surface area contributed by atoms with E-state index in [1.807, 2.05) is 0 Å². The Bertz CT molecular complexity index is 420. The van der Waals surface area contributed by atoms with Gasteiger partial charge in [0.25, 0.3) is 0 Å². The molecule has 17 heavy (non-hydrogen) atoms. The minimum absolute atomic E-state index is 0.0106. The van der Waals surface area contributed by atoms with Gasteiger partial charge in [0.15, 0.2) is 0 Å². The molecule has 0 aliphatic carbocycles. The van der Waals surface area contributed by atoms with E-state index in [0.717, 1.165) is 13.3 Å². The number of aryl methyl sites for hydroxylation is 1. The van der Waals surface area contributed by atoms with Gasteiger partial charge < -0.3 is 9.84 Å². The van der Waals surface area contributed by atoms with Crippen molar-refractivity contribution in [2.24, 2.45) is 0 Å². The largest absolute Gasteiger partial charge is 0.481 e. The number of hydrogen-bond donors (Lipinski definition) is 1. The van der Waals surface area contributed by atoms with Crippen LogP contribution in [0.3, 0.4) is 0 Å². The van der Waals surface area contributed by atoms with Crippen molar-refractivity contribution in [3.8, 4) is 5.88 Å². The normalized spacial score (nSPS) is 11.3. The van der Waals surface area contributed by atoms with Crippen molar-refractivity contribution in [3.05, 3.63) is 17.6 Å². The van der Waals surface area contributed by atoms with Crippen molar-refractivity contribution < 1.29 is 27.8 Å². The van der Waals surface area contributed by atoms with Crippen molar-refractivity contribution in [3.63, 3.8) is 0 Å². The first-order valence-electron chi connectivity index (χ1n) is 4.53. The molecule has 1 rings (SSSR count). The van der Waals surface area contributed by atoms with E-state index in [9.17, 15) is 18.0 Å². The molecular weight excluding hydrogens is 241 g/mol. The minimum Gasteiger partial charge on any atom is -0.481 e. The third-order valence-electron chi connectivity index (χ3n) is 1.88. The van der Waals surface area contributed by atoms with Gasteiger partial charge in [-0.3, -0.25) is 4.79 Å². The van der Waals surface area contributed by atoms with Gasteiger partial charge in [0, 0.05) is 18.2 Å². The Morgan fingerprint density at radius 1 is 1.53 bits per heavy atom. The Morgan fingerprint density at radius 2 is 2.18 bits per heavy atom. The van der Waals surface area contributed by atoms with E-state index in [-0.39, 0.29) is 24.3 Å². The van der Waals surface area contributed by atoms with E-state index in [4.69, 9.17) is 5.11 Å². The Kier molecular flexibility index (Phi) is 3.87. The highest BCUT2D eigenvalue weighted by Gasteiger charge is 2.35. The van der Waals surface area contributed by atoms with Crippen LogP contribution in [0.5, 0.6) is 5.88 Å². The second kappa shape index (κ2) is 4.98. The van der Waals surface area contributed by atoms with Crippen molar-refractivity contribution in [1.29, 1.82) is 0 Å². The van der Waals surface area contributed by atoms with Crippen LogP contribution in [0.25, 0.3) is 0 Å². The molecule has 5 nitrogen and oxygen atoms in total. The van der Waals surface area contributed by atoms with Crippen LogP contribution in [-0.4, -0.2) is 28.2 Å². The smallest absolute Gasteiger partial charge is 0.451 e. The molecule has 0 atom stereocenters. The van der Waals surface area contributed by atoms with Crippen LogP contribution in [0, 0.1) is 0 Å². The molecule has 0 unspecified atom stereocenters. The number of carboxylic acid groups (broad SMARTS) is 1. The number of nitrogens with zero attached hydrogens (tertiary/aromatic N) is 2. The second-order valence-corrected chi connectivity index (χ2v) is 3.12. The van der Waals surface area contributed by atoms with Crippen molar-refractivity contribution in [1.82, 2.24) is 9.97 Å². The Hall–Kier alpha value is -1.86. The third-order valence-corrected chi connectivity index (χ3v) is 1.88. The summed E-state index contributed by atoms with van der Waals surface area (Å²) in [5, 5.41) is 8.46. The molecule has 1 heterocycles. The number of methoxy groups -OCH3 is 1. The van der Waals surface area contributed by atoms with E-state index in [1.165, 1.54) is 0 Å². The lowest BCUT2D eigenvalue weighted by atomic mass is 10.2. The Labute approximate surface area is 94.3 Å². The molecule has 0 amide bonds. The molecule has 8 heteroatoms. The Balaban J connectivity index is 2.97. The van der Waals surface area contributed by atoms with E-state index in [1.54, 1.807) is 0 Å². The monoisotopic (exact) mass is 250 g/mol. The molecule has 94 valence electrons. The lowest BCUT2D eigenvalue weighted by Crippen LogP contribution is -2.13. The fourth-order valence-corrected chi connectivity index (χ4v) is 1.12. The van der Waals surface area contributed by atoms with Gasteiger partial charge in [-0.15, -0.1) is 0 Å². The quantitative estimate of drug-likeness (QED) is 0.877. The average molecular weight is 250 g/mol. The minimum atomic E-state index is -4.65. The molecule has 0 fully saturated rings. The van der Waals surface area contributed by atoms with Crippen LogP contribution in [0.2, 0.25) is 0 Å². The molecule has 0 aliphatic heterocycles. The van der Waals surface area contributed by atoms with Gasteiger partial charge in [0.05, 0.1) is 7.11 Å². The van der Waals surface area contributed by atoms with Gasteiger partial charge in [0.2, 0.25) is 11.7 Å². The zero-order chi connectivity index (χ0) is 13.1. The van der Waals surface area contributed by atoms with Gasteiger partial charge in [-0.1, -0.05) is 0 Å². The summed E-state index contributed by atoms with van der Waals surface area (Å²) in [6, 6.07) is 0. The van der Waals surface area contributed by atoms with Crippen LogP contribution in [0.4, 0.5) is 13.2 Å². The molecule has 0 aromatic carbocycles. The highest BCUT2D eigenvalue weighted by atomic mass is 19.4. The van der Waals surface area contributed by atoms with Crippen LogP contribution in [0.15, 0.2) is 6.20 Å². The highest BCUT2D eigenvalue weighted by molar-refractivity contribution is 5.67. The topological polar surface area (TPSA) is 72.3 Å². The standard InChI is InChI=1S/C9H9F3N2O3/c1-17-7-5(2-3-6(15)16)4-13-8(14-7)9(10,11)12/h4H,2-3H2,1H3,(H,15,16). The molecule has 0 spiro atoms. The summed E-state index contributed by atoms with van der Waals surface area (Å²) in [5.41, 5.74) is 0.225. The lowest BCUT2D eigenvalue weighted by molar-refractivity contribution is -0.145. The summed E-state index contributed by atoms with van der Waals surface area (Å²) in [7, 11) is 1.16. The molecule has 0 bridgehead atoms. The number of alkyl halides is 3. The van der Waals surface area contributed by atoms with E-state index < -0.39 is 18.0 Å². The van der Waals surface area contributed by atoms with Crippen LogP contribution < -0.4 is 4.74 Å². The first kappa shape index (κ1) is 13.2. The number of carbonyl (C=O) groups is 1.